The zero-order chi connectivity index (χ0) is 11.8. The second-order valence-electron chi connectivity index (χ2n) is 4.97. The maximum Gasteiger partial charge on any atom is 0.134 e. The van der Waals surface area contributed by atoms with E-state index in [1.165, 1.54) is 19.3 Å². The predicted molar refractivity (Wildman–Crippen MR) is 70.1 cm³/mol. The van der Waals surface area contributed by atoms with Gasteiger partial charge in [0.15, 0.2) is 0 Å². The highest BCUT2D eigenvalue weighted by Gasteiger charge is 2.22. The monoisotopic (exact) mass is 249 g/mol. The van der Waals surface area contributed by atoms with Gasteiger partial charge in [-0.15, -0.1) is 0 Å². The summed E-state index contributed by atoms with van der Waals surface area (Å²) in [5.41, 5.74) is 7.05. The number of furan rings is 1. The molecule has 0 aliphatic heterocycles. The molecule has 0 radical (unpaired) electrons. The fourth-order valence-corrected chi connectivity index (χ4v) is 2.60. The lowest BCUT2D eigenvalue weighted by Crippen LogP contribution is -2.19. The third-order valence-electron chi connectivity index (χ3n) is 3.67. The maximum atomic E-state index is 6.18. The molecule has 2 nitrogen and oxygen atoms in total. The summed E-state index contributed by atoms with van der Waals surface area (Å²) in [5.74, 6) is 1.68. The predicted octanol–water partition coefficient (Wildman–Crippen LogP) is 4.28. The first-order valence-corrected chi connectivity index (χ1v) is 6.55. The normalized spacial score (nSPS) is 18.2. The highest BCUT2D eigenvalue weighted by atomic mass is 35.5. The number of rotatable bonds is 3. The van der Waals surface area contributed by atoms with Crippen molar-refractivity contribution in [2.75, 3.05) is 0 Å². The van der Waals surface area contributed by atoms with Gasteiger partial charge in [0, 0.05) is 10.4 Å². The molecule has 1 saturated carbocycles. The molecule has 1 heterocycles. The molecule has 0 amide bonds. The summed E-state index contributed by atoms with van der Waals surface area (Å²) in [6, 6.07) is 7.70. The van der Waals surface area contributed by atoms with E-state index < -0.39 is 0 Å². The molecule has 1 unspecified atom stereocenters. The van der Waals surface area contributed by atoms with Crippen LogP contribution in [0.3, 0.4) is 0 Å². The Morgan fingerprint density at radius 3 is 2.88 bits per heavy atom. The Hall–Kier alpha value is -0.990. The second kappa shape index (κ2) is 4.35. The molecule has 1 atom stereocenters. The average Bonchev–Trinajstić information content (AvgIpc) is 2.65. The van der Waals surface area contributed by atoms with Gasteiger partial charge >= 0.3 is 0 Å². The minimum atomic E-state index is 0.0199. The Kier molecular flexibility index (Phi) is 2.85. The van der Waals surface area contributed by atoms with Crippen molar-refractivity contribution in [3.63, 3.8) is 0 Å². The minimum absolute atomic E-state index is 0.0199. The van der Waals surface area contributed by atoms with Crippen LogP contribution >= 0.6 is 11.6 Å². The van der Waals surface area contributed by atoms with E-state index in [1.54, 1.807) is 0 Å². The Morgan fingerprint density at radius 2 is 2.18 bits per heavy atom. The van der Waals surface area contributed by atoms with Crippen LogP contribution < -0.4 is 5.73 Å². The van der Waals surface area contributed by atoms with Crippen LogP contribution in [0.15, 0.2) is 28.7 Å². The summed E-state index contributed by atoms with van der Waals surface area (Å²) in [6.45, 7) is 0. The highest BCUT2D eigenvalue weighted by molar-refractivity contribution is 6.31. The molecule has 1 aromatic carbocycles. The molecule has 3 rings (SSSR count). The summed E-state index contributed by atoms with van der Waals surface area (Å²) in [4.78, 5) is 0. The number of nitrogens with two attached hydrogens (primary N) is 1. The van der Waals surface area contributed by atoms with Gasteiger partial charge in [-0.25, -0.2) is 0 Å². The van der Waals surface area contributed by atoms with E-state index in [0.717, 1.165) is 34.1 Å². The zero-order valence-electron chi connectivity index (χ0n) is 9.66. The summed E-state index contributed by atoms with van der Waals surface area (Å²) in [5, 5.41) is 1.77. The second-order valence-corrected chi connectivity index (χ2v) is 5.41. The van der Waals surface area contributed by atoms with Gasteiger partial charge in [0.2, 0.25) is 0 Å². The number of hydrogen-bond donors (Lipinski definition) is 1. The maximum absolute atomic E-state index is 6.18. The topological polar surface area (TPSA) is 39.2 Å². The summed E-state index contributed by atoms with van der Waals surface area (Å²) < 4.78 is 5.77. The van der Waals surface area contributed by atoms with Gasteiger partial charge in [-0.3, -0.25) is 0 Å². The third kappa shape index (κ3) is 2.20. The van der Waals surface area contributed by atoms with Gasteiger partial charge in [0.05, 0.1) is 6.04 Å². The van der Waals surface area contributed by atoms with Crippen molar-refractivity contribution in [1.82, 2.24) is 0 Å². The summed E-state index contributed by atoms with van der Waals surface area (Å²) in [6.07, 6.45) is 5.03. The largest absolute Gasteiger partial charge is 0.459 e. The number of halogens is 1. The fraction of sp³-hybridized carbons (Fsp3) is 0.429. The Bertz CT molecular complexity index is 530. The van der Waals surface area contributed by atoms with Gasteiger partial charge in [-0.05, 0) is 36.6 Å². The standard InChI is InChI=1S/C14H16ClNO/c15-11-4-5-13-10(7-11)8-14(17-13)12(16)6-9-2-1-3-9/h4-5,7-9,12H,1-3,6,16H2. The number of benzene rings is 1. The van der Waals surface area contributed by atoms with Crippen LogP contribution in [-0.4, -0.2) is 0 Å². The Labute approximate surface area is 106 Å². The smallest absolute Gasteiger partial charge is 0.134 e. The molecule has 17 heavy (non-hydrogen) atoms. The fourth-order valence-electron chi connectivity index (χ4n) is 2.42. The lowest BCUT2D eigenvalue weighted by molar-refractivity contribution is 0.267. The number of hydrogen-bond acceptors (Lipinski definition) is 2. The van der Waals surface area contributed by atoms with Crippen molar-refractivity contribution in [3.05, 3.63) is 35.0 Å². The quantitative estimate of drug-likeness (QED) is 0.882. The molecule has 3 heteroatoms. The lowest BCUT2D eigenvalue weighted by Gasteiger charge is -2.27. The molecule has 0 spiro atoms. The third-order valence-corrected chi connectivity index (χ3v) is 3.91. The first kappa shape index (κ1) is 11.1. The molecule has 0 bridgehead atoms. The minimum Gasteiger partial charge on any atom is -0.459 e. The van der Waals surface area contributed by atoms with Crippen LogP contribution in [0.25, 0.3) is 11.0 Å². The van der Waals surface area contributed by atoms with Crippen molar-refractivity contribution in [2.24, 2.45) is 11.7 Å². The average molecular weight is 250 g/mol. The molecule has 1 aromatic heterocycles. The molecule has 1 fully saturated rings. The van der Waals surface area contributed by atoms with Crippen LogP contribution in [0.4, 0.5) is 0 Å². The molecule has 0 saturated heterocycles. The molecular formula is C14H16ClNO. The van der Waals surface area contributed by atoms with Crippen LogP contribution in [0.5, 0.6) is 0 Å². The van der Waals surface area contributed by atoms with Crippen LogP contribution in [-0.2, 0) is 0 Å². The van der Waals surface area contributed by atoms with Gasteiger partial charge in [-0.1, -0.05) is 30.9 Å². The molecular weight excluding hydrogens is 234 g/mol. The van der Waals surface area contributed by atoms with E-state index >= 15 is 0 Å². The first-order valence-electron chi connectivity index (χ1n) is 6.17. The molecule has 2 aromatic rings. The zero-order valence-corrected chi connectivity index (χ0v) is 10.4. The van der Waals surface area contributed by atoms with Crippen molar-refractivity contribution < 1.29 is 4.42 Å². The Balaban J connectivity index is 1.83. The Morgan fingerprint density at radius 1 is 1.35 bits per heavy atom. The van der Waals surface area contributed by atoms with Crippen molar-refractivity contribution in [3.8, 4) is 0 Å². The van der Waals surface area contributed by atoms with E-state index in [4.69, 9.17) is 21.8 Å². The molecule has 1 aliphatic rings. The van der Waals surface area contributed by atoms with Gasteiger partial charge in [-0.2, -0.15) is 0 Å². The first-order chi connectivity index (χ1) is 8.22. The van der Waals surface area contributed by atoms with E-state index in [9.17, 15) is 0 Å². The highest BCUT2D eigenvalue weighted by Crippen LogP contribution is 2.35. The number of fused-ring (bicyclic) bond motifs is 1. The molecule has 2 N–H and O–H groups in total. The van der Waals surface area contributed by atoms with Crippen molar-refractivity contribution in [2.45, 2.75) is 31.7 Å². The van der Waals surface area contributed by atoms with Gasteiger partial charge in [0.25, 0.3) is 0 Å². The van der Waals surface area contributed by atoms with Crippen LogP contribution in [0.2, 0.25) is 5.02 Å². The summed E-state index contributed by atoms with van der Waals surface area (Å²) in [7, 11) is 0. The van der Waals surface area contributed by atoms with Crippen LogP contribution in [0, 0.1) is 5.92 Å². The van der Waals surface area contributed by atoms with Crippen molar-refractivity contribution in [1.29, 1.82) is 0 Å². The lowest BCUT2D eigenvalue weighted by atomic mass is 9.80. The van der Waals surface area contributed by atoms with Crippen molar-refractivity contribution >= 4 is 22.6 Å². The van der Waals surface area contributed by atoms with Crippen LogP contribution in [0.1, 0.15) is 37.5 Å². The summed E-state index contributed by atoms with van der Waals surface area (Å²) >= 11 is 5.95. The SMILES string of the molecule is NC(CC1CCC1)c1cc2cc(Cl)ccc2o1. The van der Waals surface area contributed by atoms with E-state index in [-0.39, 0.29) is 6.04 Å². The van der Waals surface area contributed by atoms with E-state index in [1.807, 2.05) is 24.3 Å². The van der Waals surface area contributed by atoms with E-state index in [0.29, 0.717) is 0 Å². The molecule has 90 valence electrons. The van der Waals surface area contributed by atoms with E-state index in [2.05, 4.69) is 0 Å². The molecule has 1 aliphatic carbocycles. The van der Waals surface area contributed by atoms with Gasteiger partial charge in [0.1, 0.15) is 11.3 Å². The van der Waals surface area contributed by atoms with Gasteiger partial charge < -0.3 is 10.2 Å².